The first kappa shape index (κ1) is 28.0. The Morgan fingerprint density at radius 1 is 1.05 bits per heavy atom. The highest BCUT2D eigenvalue weighted by Crippen LogP contribution is 2.31. The molecule has 0 fully saturated rings. The molecular weight excluding hydrogens is 528 g/mol. The quantitative estimate of drug-likeness (QED) is 0.443. The molecular formula is C28H29F2N3O5S. The van der Waals surface area contributed by atoms with E-state index in [-0.39, 0.29) is 43.8 Å². The van der Waals surface area contributed by atoms with Gasteiger partial charge in [0.25, 0.3) is 5.91 Å². The molecule has 0 atom stereocenters. The summed E-state index contributed by atoms with van der Waals surface area (Å²) in [5.74, 6) is -0.669. The zero-order chi connectivity index (χ0) is 28.2. The average Bonchev–Trinajstić information content (AvgIpc) is 3.13. The number of alkyl halides is 1. The van der Waals surface area contributed by atoms with Crippen LogP contribution in [0.2, 0.25) is 0 Å². The summed E-state index contributed by atoms with van der Waals surface area (Å²) in [6, 6.07) is 14.7. The lowest BCUT2D eigenvalue weighted by Crippen LogP contribution is -2.33. The van der Waals surface area contributed by atoms with E-state index >= 15 is 4.39 Å². The van der Waals surface area contributed by atoms with Crippen molar-refractivity contribution in [2.24, 2.45) is 0 Å². The van der Waals surface area contributed by atoms with Gasteiger partial charge in [-0.1, -0.05) is 25.1 Å². The lowest BCUT2D eigenvalue weighted by Gasteiger charge is -2.22. The summed E-state index contributed by atoms with van der Waals surface area (Å²) in [5, 5.41) is 5.02. The number of hydrogen-bond acceptors (Lipinski definition) is 5. The van der Waals surface area contributed by atoms with Gasteiger partial charge in [-0.05, 0) is 53.9 Å². The minimum atomic E-state index is -3.78. The molecule has 39 heavy (non-hydrogen) atoms. The van der Waals surface area contributed by atoms with Crippen LogP contribution in [0.5, 0.6) is 5.75 Å². The van der Waals surface area contributed by atoms with Crippen molar-refractivity contribution in [3.05, 3.63) is 77.1 Å². The van der Waals surface area contributed by atoms with Crippen molar-refractivity contribution in [2.75, 3.05) is 37.9 Å². The Labute approximate surface area is 225 Å². The molecule has 0 saturated heterocycles. The molecule has 2 N–H and O–H groups in total. The Morgan fingerprint density at radius 3 is 2.44 bits per heavy atom. The molecule has 0 aromatic heterocycles. The van der Waals surface area contributed by atoms with E-state index in [2.05, 4.69) is 10.6 Å². The van der Waals surface area contributed by atoms with Crippen molar-refractivity contribution >= 4 is 27.5 Å². The van der Waals surface area contributed by atoms with Crippen LogP contribution in [-0.2, 0) is 22.8 Å². The predicted octanol–water partition coefficient (Wildman–Crippen LogP) is 4.58. The molecule has 3 aromatic carbocycles. The number of nitrogens with one attached hydrogen (secondary N) is 2. The second-order valence-corrected chi connectivity index (χ2v) is 11.1. The van der Waals surface area contributed by atoms with E-state index < -0.39 is 39.2 Å². The fourth-order valence-electron chi connectivity index (χ4n) is 4.43. The molecule has 0 bridgehead atoms. The maximum absolute atomic E-state index is 15.1. The van der Waals surface area contributed by atoms with Gasteiger partial charge >= 0.3 is 6.03 Å². The van der Waals surface area contributed by atoms with Crippen molar-refractivity contribution < 1.29 is 31.5 Å². The predicted molar refractivity (Wildman–Crippen MR) is 144 cm³/mol. The Bertz CT molecular complexity index is 1490. The summed E-state index contributed by atoms with van der Waals surface area (Å²) in [6.45, 7) is 1.69. The first-order valence-corrected chi connectivity index (χ1v) is 14.3. The van der Waals surface area contributed by atoms with Crippen molar-refractivity contribution in [1.29, 1.82) is 0 Å². The summed E-state index contributed by atoms with van der Waals surface area (Å²) in [5.41, 5.74) is 3.22. The lowest BCUT2D eigenvalue weighted by atomic mass is 10.0. The molecule has 1 aliphatic rings. The SMILES string of the molecule is CCc1c(C(=O)N2CCOc3ccc(-c4ccc(NC(=O)NCCF)cc4)cc3C2)ccc(S(C)(=O)=O)c1F. The number of rotatable bonds is 7. The number of fused-ring (bicyclic) bond motifs is 1. The number of amides is 3. The van der Waals surface area contributed by atoms with Crippen LogP contribution in [0.1, 0.15) is 28.4 Å². The molecule has 8 nitrogen and oxygen atoms in total. The smallest absolute Gasteiger partial charge is 0.319 e. The lowest BCUT2D eigenvalue weighted by molar-refractivity contribution is 0.0731. The number of anilines is 1. The second kappa shape index (κ2) is 11.8. The first-order valence-electron chi connectivity index (χ1n) is 12.4. The number of carbonyl (C=O) groups is 2. The standard InChI is InChI=1S/C28H29F2N3O5S/c1-3-22-23(9-11-25(26(22)30)39(2,36)37)27(34)33-14-15-38-24-10-6-19(16-20(24)17-33)18-4-7-21(8-5-18)32-28(35)31-13-12-29/h4-11,16H,3,12-15,17H2,1-2H3,(H2,31,32,35). The summed E-state index contributed by atoms with van der Waals surface area (Å²) in [4.78, 5) is 26.4. The van der Waals surface area contributed by atoms with Crippen molar-refractivity contribution in [3.8, 4) is 16.9 Å². The number of benzene rings is 3. The Hall–Kier alpha value is -3.99. The molecule has 3 amide bonds. The van der Waals surface area contributed by atoms with Gasteiger partial charge in [0, 0.05) is 41.7 Å². The van der Waals surface area contributed by atoms with Gasteiger partial charge < -0.3 is 20.3 Å². The molecule has 1 heterocycles. The zero-order valence-corrected chi connectivity index (χ0v) is 22.4. The van der Waals surface area contributed by atoms with Gasteiger partial charge in [-0.2, -0.15) is 0 Å². The molecule has 0 saturated carbocycles. The molecule has 11 heteroatoms. The van der Waals surface area contributed by atoms with Crippen LogP contribution in [0.3, 0.4) is 0 Å². The molecule has 206 valence electrons. The number of hydrogen-bond donors (Lipinski definition) is 2. The normalized spacial score (nSPS) is 13.2. The highest BCUT2D eigenvalue weighted by atomic mass is 32.2. The molecule has 4 rings (SSSR count). The van der Waals surface area contributed by atoms with Crippen LogP contribution in [-0.4, -0.2) is 57.9 Å². The minimum Gasteiger partial charge on any atom is -0.491 e. The Balaban J connectivity index is 1.57. The molecule has 0 spiro atoms. The van der Waals surface area contributed by atoms with Crippen molar-refractivity contribution in [2.45, 2.75) is 24.8 Å². The van der Waals surface area contributed by atoms with Crippen LogP contribution < -0.4 is 15.4 Å². The highest BCUT2D eigenvalue weighted by Gasteiger charge is 2.27. The summed E-state index contributed by atoms with van der Waals surface area (Å²) < 4.78 is 57.1. The van der Waals surface area contributed by atoms with Crippen LogP contribution in [0.15, 0.2) is 59.5 Å². The van der Waals surface area contributed by atoms with Gasteiger partial charge in [0.15, 0.2) is 9.84 Å². The number of sulfone groups is 1. The van der Waals surface area contributed by atoms with Gasteiger partial charge in [-0.15, -0.1) is 0 Å². The monoisotopic (exact) mass is 557 g/mol. The fraction of sp³-hybridized carbons (Fsp3) is 0.286. The van der Waals surface area contributed by atoms with E-state index in [1.807, 2.05) is 30.3 Å². The Kier molecular flexibility index (Phi) is 8.49. The molecule has 0 unspecified atom stereocenters. The molecule has 0 aliphatic carbocycles. The maximum Gasteiger partial charge on any atom is 0.319 e. The van der Waals surface area contributed by atoms with Crippen LogP contribution in [0.25, 0.3) is 11.1 Å². The summed E-state index contributed by atoms with van der Waals surface area (Å²) >= 11 is 0. The van der Waals surface area contributed by atoms with E-state index in [9.17, 15) is 22.4 Å². The maximum atomic E-state index is 15.1. The van der Waals surface area contributed by atoms with Gasteiger partial charge in [0.2, 0.25) is 0 Å². The van der Waals surface area contributed by atoms with E-state index in [0.717, 1.165) is 29.0 Å². The first-order chi connectivity index (χ1) is 18.6. The number of ether oxygens (including phenoxy) is 1. The highest BCUT2D eigenvalue weighted by molar-refractivity contribution is 7.90. The van der Waals surface area contributed by atoms with Crippen LogP contribution in [0, 0.1) is 5.82 Å². The number of urea groups is 1. The minimum absolute atomic E-state index is 0.0640. The fourth-order valence-corrected chi connectivity index (χ4v) is 5.20. The molecule has 1 aliphatic heterocycles. The van der Waals surface area contributed by atoms with Crippen molar-refractivity contribution in [3.63, 3.8) is 0 Å². The van der Waals surface area contributed by atoms with Crippen molar-refractivity contribution in [1.82, 2.24) is 10.2 Å². The van der Waals surface area contributed by atoms with Gasteiger partial charge in [-0.3, -0.25) is 4.79 Å². The molecule has 3 aromatic rings. The summed E-state index contributed by atoms with van der Waals surface area (Å²) in [6.07, 6.45) is 1.09. The van der Waals surface area contributed by atoms with E-state index in [1.54, 1.807) is 24.0 Å². The number of halogens is 2. The third kappa shape index (κ3) is 6.36. The van der Waals surface area contributed by atoms with Gasteiger partial charge in [0.05, 0.1) is 6.54 Å². The van der Waals surface area contributed by atoms with Gasteiger partial charge in [-0.25, -0.2) is 22.0 Å². The topological polar surface area (TPSA) is 105 Å². The van der Waals surface area contributed by atoms with Gasteiger partial charge in [0.1, 0.15) is 29.7 Å². The largest absolute Gasteiger partial charge is 0.491 e. The second-order valence-electron chi connectivity index (χ2n) is 9.07. The average molecular weight is 558 g/mol. The van der Waals surface area contributed by atoms with E-state index in [1.165, 1.54) is 6.07 Å². The number of carbonyl (C=O) groups excluding carboxylic acids is 2. The third-order valence-corrected chi connectivity index (χ3v) is 7.49. The zero-order valence-electron chi connectivity index (χ0n) is 21.6. The van der Waals surface area contributed by atoms with Crippen LogP contribution in [0.4, 0.5) is 19.3 Å². The number of nitrogens with zero attached hydrogens (tertiary/aromatic N) is 1. The third-order valence-electron chi connectivity index (χ3n) is 6.38. The summed E-state index contributed by atoms with van der Waals surface area (Å²) in [7, 11) is -3.78. The molecule has 0 radical (unpaired) electrons. The van der Waals surface area contributed by atoms with E-state index in [4.69, 9.17) is 4.74 Å². The van der Waals surface area contributed by atoms with Crippen LogP contribution >= 0.6 is 0 Å². The van der Waals surface area contributed by atoms with E-state index in [0.29, 0.717) is 11.4 Å². The Morgan fingerprint density at radius 2 is 1.77 bits per heavy atom.